The molecule has 1 aromatic heterocycles. The fraction of sp³-hybridized carbons (Fsp3) is 0.400. The molecule has 1 fully saturated rings. The van der Waals surface area contributed by atoms with E-state index in [-0.39, 0.29) is 16.8 Å². The molecule has 30 heavy (non-hydrogen) atoms. The molecule has 8 nitrogen and oxygen atoms in total. The molecule has 1 aromatic carbocycles. The van der Waals surface area contributed by atoms with Crippen LogP contribution in [0.25, 0.3) is 0 Å². The molecule has 0 bridgehead atoms. The molecular weight excluding hydrogens is 407 g/mol. The summed E-state index contributed by atoms with van der Waals surface area (Å²) in [7, 11) is -2.07. The molecular formula is C20H27FN6O2S. The molecule has 162 valence electrons. The van der Waals surface area contributed by atoms with E-state index >= 15 is 0 Å². The Balaban J connectivity index is 1.62. The first kappa shape index (κ1) is 22.0. The van der Waals surface area contributed by atoms with E-state index in [2.05, 4.69) is 25.3 Å². The number of sulfonamides is 1. The zero-order chi connectivity index (χ0) is 21.6. The summed E-state index contributed by atoms with van der Waals surface area (Å²) in [4.78, 5) is 10.9. The van der Waals surface area contributed by atoms with Crippen molar-refractivity contribution in [2.75, 3.05) is 31.6 Å². The van der Waals surface area contributed by atoms with Crippen LogP contribution in [0.15, 0.2) is 52.5 Å². The van der Waals surface area contributed by atoms with Crippen molar-refractivity contribution < 1.29 is 12.8 Å². The van der Waals surface area contributed by atoms with Crippen molar-refractivity contribution in [1.82, 2.24) is 20.3 Å². The van der Waals surface area contributed by atoms with Crippen LogP contribution in [0.4, 0.5) is 10.2 Å². The number of guanidine groups is 1. The Hall–Kier alpha value is -2.72. The number of aliphatic imine (C=N–C) groups is 1. The molecule has 1 aliphatic rings. The van der Waals surface area contributed by atoms with Crippen LogP contribution in [0.2, 0.25) is 0 Å². The van der Waals surface area contributed by atoms with Crippen molar-refractivity contribution in [3.8, 4) is 0 Å². The van der Waals surface area contributed by atoms with Gasteiger partial charge in [0.25, 0.3) is 0 Å². The van der Waals surface area contributed by atoms with Gasteiger partial charge < -0.3 is 15.5 Å². The van der Waals surface area contributed by atoms with E-state index in [4.69, 9.17) is 0 Å². The average Bonchev–Trinajstić information content (AvgIpc) is 3.21. The van der Waals surface area contributed by atoms with Gasteiger partial charge in [0.1, 0.15) is 0 Å². The van der Waals surface area contributed by atoms with Gasteiger partial charge in [-0.15, -0.1) is 0 Å². The Morgan fingerprint density at radius 3 is 2.73 bits per heavy atom. The molecule has 1 unspecified atom stereocenters. The third kappa shape index (κ3) is 5.45. The van der Waals surface area contributed by atoms with E-state index in [1.165, 1.54) is 13.1 Å². The van der Waals surface area contributed by atoms with Crippen LogP contribution in [0.1, 0.15) is 18.9 Å². The number of hydrogen-bond acceptors (Lipinski definition) is 5. The lowest BCUT2D eigenvalue weighted by atomic mass is 10.2. The van der Waals surface area contributed by atoms with E-state index in [0.717, 1.165) is 12.0 Å². The van der Waals surface area contributed by atoms with Gasteiger partial charge in [-0.25, -0.2) is 27.5 Å². The van der Waals surface area contributed by atoms with Gasteiger partial charge in [0, 0.05) is 31.9 Å². The largest absolute Gasteiger partial charge is 0.357 e. The van der Waals surface area contributed by atoms with Crippen molar-refractivity contribution in [2.45, 2.75) is 30.8 Å². The Labute approximate surface area is 176 Å². The predicted molar refractivity (Wildman–Crippen MR) is 115 cm³/mol. The fourth-order valence-corrected chi connectivity index (χ4v) is 3.99. The molecule has 0 spiro atoms. The summed E-state index contributed by atoms with van der Waals surface area (Å²) >= 11 is 0. The van der Waals surface area contributed by atoms with E-state index < -0.39 is 10.0 Å². The number of nitrogens with one attached hydrogen (secondary N) is 3. The summed E-state index contributed by atoms with van der Waals surface area (Å²) < 4.78 is 39.9. The first-order chi connectivity index (χ1) is 14.4. The minimum atomic E-state index is -3.45. The average molecular weight is 435 g/mol. The summed E-state index contributed by atoms with van der Waals surface area (Å²) in [5.41, 5.74) is 0.894. The number of rotatable bonds is 7. The first-order valence-corrected chi connectivity index (χ1v) is 11.3. The van der Waals surface area contributed by atoms with Crippen molar-refractivity contribution in [2.24, 2.45) is 4.99 Å². The van der Waals surface area contributed by atoms with E-state index in [1.54, 1.807) is 36.5 Å². The highest BCUT2D eigenvalue weighted by atomic mass is 32.2. The smallest absolute Gasteiger partial charge is 0.240 e. The van der Waals surface area contributed by atoms with Crippen molar-refractivity contribution in [3.05, 3.63) is 54.0 Å². The number of nitrogens with zero attached hydrogens (tertiary/aromatic N) is 3. The zero-order valence-electron chi connectivity index (χ0n) is 17.1. The molecule has 0 amide bonds. The molecule has 10 heteroatoms. The lowest BCUT2D eigenvalue weighted by Gasteiger charge is -2.20. The Morgan fingerprint density at radius 2 is 2.07 bits per heavy atom. The molecule has 1 aliphatic heterocycles. The van der Waals surface area contributed by atoms with Gasteiger partial charge in [-0.1, -0.05) is 12.1 Å². The van der Waals surface area contributed by atoms with Crippen LogP contribution >= 0.6 is 0 Å². The maximum absolute atomic E-state index is 14.0. The molecule has 3 rings (SSSR count). The zero-order valence-corrected chi connectivity index (χ0v) is 17.9. The van der Waals surface area contributed by atoms with E-state index in [1.807, 2.05) is 11.8 Å². The summed E-state index contributed by atoms with van der Waals surface area (Å²) in [5, 5.41) is 6.61. The Bertz CT molecular complexity index is 981. The van der Waals surface area contributed by atoms with Gasteiger partial charge in [0.15, 0.2) is 17.6 Å². The highest BCUT2D eigenvalue weighted by molar-refractivity contribution is 7.89. The van der Waals surface area contributed by atoms with Crippen LogP contribution in [0.5, 0.6) is 0 Å². The summed E-state index contributed by atoms with van der Waals surface area (Å²) in [5.74, 6) is 0.723. The molecule has 0 radical (unpaired) electrons. The predicted octanol–water partition coefficient (Wildman–Crippen LogP) is 1.46. The number of halogens is 1. The van der Waals surface area contributed by atoms with E-state index in [9.17, 15) is 12.8 Å². The van der Waals surface area contributed by atoms with Crippen molar-refractivity contribution in [1.29, 1.82) is 0 Å². The number of aromatic nitrogens is 1. The molecule has 0 aliphatic carbocycles. The van der Waals surface area contributed by atoms with Crippen LogP contribution in [0.3, 0.4) is 0 Å². The second kappa shape index (κ2) is 9.86. The number of pyridine rings is 1. The normalized spacial score (nSPS) is 17.2. The van der Waals surface area contributed by atoms with Crippen LogP contribution in [0, 0.1) is 5.82 Å². The number of anilines is 1. The molecule has 1 atom stereocenters. The van der Waals surface area contributed by atoms with Gasteiger partial charge >= 0.3 is 0 Å². The maximum Gasteiger partial charge on any atom is 0.240 e. The number of hydrogen-bond donors (Lipinski definition) is 3. The quantitative estimate of drug-likeness (QED) is 0.451. The fourth-order valence-electron chi connectivity index (χ4n) is 3.26. The topological polar surface area (TPSA) is 98.7 Å². The standard InChI is InChI=1S/C20H27FN6O2S/c1-3-23-20(25-13-15-6-8-17(9-7-15)30(28,29)22-2)26-16-10-12-27(14-16)19-18(21)5-4-11-24-19/h4-9,11,16,22H,3,10,12-14H2,1-2H3,(H2,23,25,26). The van der Waals surface area contributed by atoms with Crippen molar-refractivity contribution >= 4 is 21.8 Å². The first-order valence-electron chi connectivity index (χ1n) is 9.85. The molecule has 2 aromatic rings. The third-order valence-electron chi connectivity index (χ3n) is 4.83. The summed E-state index contributed by atoms with van der Waals surface area (Å²) in [6.07, 6.45) is 2.44. The highest BCUT2D eigenvalue weighted by Gasteiger charge is 2.25. The highest BCUT2D eigenvalue weighted by Crippen LogP contribution is 2.20. The molecule has 0 saturated carbocycles. The minimum Gasteiger partial charge on any atom is -0.357 e. The maximum atomic E-state index is 14.0. The van der Waals surface area contributed by atoms with Crippen LogP contribution in [-0.2, 0) is 16.6 Å². The van der Waals surface area contributed by atoms with Gasteiger partial charge in [-0.05, 0) is 50.2 Å². The molecule has 2 heterocycles. The number of benzene rings is 1. The van der Waals surface area contributed by atoms with Crippen molar-refractivity contribution in [3.63, 3.8) is 0 Å². The SMILES string of the molecule is CCNC(=NCc1ccc(S(=O)(=O)NC)cc1)NC1CCN(c2ncccc2F)C1. The third-order valence-corrected chi connectivity index (χ3v) is 6.26. The second-order valence-electron chi connectivity index (χ2n) is 6.93. The van der Waals surface area contributed by atoms with Crippen LogP contribution in [-0.4, -0.2) is 52.1 Å². The molecule has 1 saturated heterocycles. The lowest BCUT2D eigenvalue weighted by molar-refractivity contribution is 0.588. The lowest BCUT2D eigenvalue weighted by Crippen LogP contribution is -2.44. The minimum absolute atomic E-state index is 0.118. The monoisotopic (exact) mass is 434 g/mol. The van der Waals surface area contributed by atoms with E-state index in [0.29, 0.717) is 38.0 Å². The van der Waals surface area contributed by atoms with Gasteiger partial charge in [0.05, 0.1) is 11.4 Å². The summed E-state index contributed by atoms with van der Waals surface area (Å²) in [6.45, 7) is 4.44. The summed E-state index contributed by atoms with van der Waals surface area (Å²) in [6, 6.07) is 9.74. The molecule has 3 N–H and O–H groups in total. The van der Waals surface area contributed by atoms with Crippen LogP contribution < -0.4 is 20.3 Å². The van der Waals surface area contributed by atoms with Gasteiger partial charge in [-0.3, -0.25) is 0 Å². The Kier molecular flexibility index (Phi) is 7.22. The second-order valence-corrected chi connectivity index (χ2v) is 8.82. The van der Waals surface area contributed by atoms with Gasteiger partial charge in [0.2, 0.25) is 10.0 Å². The van der Waals surface area contributed by atoms with Gasteiger partial charge in [-0.2, -0.15) is 0 Å². The Morgan fingerprint density at radius 1 is 1.30 bits per heavy atom.